The molecule has 1 aliphatic heterocycles. The predicted molar refractivity (Wildman–Crippen MR) is 66.4 cm³/mol. The minimum absolute atomic E-state index is 0.632. The number of rotatable bonds is 3. The van der Waals surface area contributed by atoms with Gasteiger partial charge in [-0.1, -0.05) is 20.3 Å². The van der Waals surface area contributed by atoms with Crippen LogP contribution in [0.15, 0.2) is 6.33 Å². The zero-order valence-corrected chi connectivity index (χ0v) is 10.1. The molecule has 0 aromatic carbocycles. The molecule has 1 aliphatic rings. The van der Waals surface area contributed by atoms with Crippen LogP contribution >= 0.6 is 0 Å². The smallest absolute Gasteiger partial charge is 0.137 e. The molecule has 0 bridgehead atoms. The Morgan fingerprint density at radius 3 is 2.88 bits per heavy atom. The third-order valence-corrected chi connectivity index (χ3v) is 3.47. The maximum atomic E-state index is 5.89. The number of nitrogen functional groups attached to an aromatic ring is 1. The van der Waals surface area contributed by atoms with Gasteiger partial charge in [0.15, 0.2) is 0 Å². The molecule has 0 spiro atoms. The van der Waals surface area contributed by atoms with Crippen LogP contribution in [0.4, 0.5) is 11.6 Å². The normalized spacial score (nSPS) is 20.4. The third-order valence-electron chi connectivity index (χ3n) is 3.47. The second-order valence-corrected chi connectivity index (χ2v) is 4.42. The van der Waals surface area contributed by atoms with Gasteiger partial charge in [-0.3, -0.25) is 0 Å². The molecule has 1 atom stereocenters. The molecule has 1 fully saturated rings. The summed E-state index contributed by atoms with van der Waals surface area (Å²) in [7, 11) is 0. The highest BCUT2D eigenvalue weighted by Gasteiger charge is 2.24. The van der Waals surface area contributed by atoms with Crippen molar-refractivity contribution in [3.05, 3.63) is 11.9 Å². The average molecular weight is 220 g/mol. The number of hydrogen-bond donors (Lipinski definition) is 1. The molecule has 88 valence electrons. The number of aromatic nitrogens is 2. The highest BCUT2D eigenvalue weighted by Crippen LogP contribution is 2.28. The van der Waals surface area contributed by atoms with Crippen LogP contribution in [-0.4, -0.2) is 23.1 Å². The summed E-state index contributed by atoms with van der Waals surface area (Å²) in [4.78, 5) is 10.8. The van der Waals surface area contributed by atoms with Gasteiger partial charge in [-0.2, -0.15) is 0 Å². The fraction of sp³-hybridized carbons (Fsp3) is 0.667. The van der Waals surface area contributed by atoms with Crippen LogP contribution in [0.5, 0.6) is 0 Å². The summed E-state index contributed by atoms with van der Waals surface area (Å²) in [6, 6.07) is 0. The van der Waals surface area contributed by atoms with Gasteiger partial charge in [0.2, 0.25) is 0 Å². The predicted octanol–water partition coefficient (Wildman–Crippen LogP) is 1.86. The van der Waals surface area contributed by atoms with Crippen molar-refractivity contribution in [2.24, 2.45) is 5.92 Å². The Morgan fingerprint density at radius 1 is 1.44 bits per heavy atom. The fourth-order valence-electron chi connectivity index (χ4n) is 2.39. The van der Waals surface area contributed by atoms with Crippen molar-refractivity contribution in [2.75, 3.05) is 23.7 Å². The van der Waals surface area contributed by atoms with E-state index in [1.165, 1.54) is 12.8 Å². The van der Waals surface area contributed by atoms with E-state index in [2.05, 4.69) is 28.7 Å². The lowest BCUT2D eigenvalue weighted by atomic mass is 10.1. The first-order valence-corrected chi connectivity index (χ1v) is 6.10. The van der Waals surface area contributed by atoms with Crippen LogP contribution in [0.2, 0.25) is 0 Å². The van der Waals surface area contributed by atoms with Crippen LogP contribution in [0, 0.1) is 5.92 Å². The Morgan fingerprint density at radius 2 is 2.25 bits per heavy atom. The van der Waals surface area contributed by atoms with Gasteiger partial charge in [0.05, 0.1) is 0 Å². The van der Waals surface area contributed by atoms with Gasteiger partial charge in [0, 0.05) is 18.7 Å². The molecule has 0 radical (unpaired) electrons. The highest BCUT2D eigenvalue weighted by molar-refractivity contribution is 5.57. The van der Waals surface area contributed by atoms with E-state index < -0.39 is 0 Å². The zero-order chi connectivity index (χ0) is 11.5. The van der Waals surface area contributed by atoms with Crippen molar-refractivity contribution < 1.29 is 0 Å². The van der Waals surface area contributed by atoms with E-state index in [1.807, 2.05) is 0 Å². The Bertz CT molecular complexity index is 364. The van der Waals surface area contributed by atoms with Crippen LogP contribution in [0.3, 0.4) is 0 Å². The van der Waals surface area contributed by atoms with E-state index in [-0.39, 0.29) is 0 Å². The standard InChI is InChI=1S/C12H20N4/c1-3-9-5-6-16(7-9)12-10(4-2)11(13)14-8-15-12/h8-9H,3-7H2,1-2H3,(H2,13,14,15). The first kappa shape index (κ1) is 11.2. The molecule has 0 aliphatic carbocycles. The van der Waals surface area contributed by atoms with Gasteiger partial charge < -0.3 is 10.6 Å². The van der Waals surface area contributed by atoms with E-state index in [1.54, 1.807) is 6.33 Å². The Balaban J connectivity index is 2.24. The second kappa shape index (κ2) is 4.68. The molecule has 16 heavy (non-hydrogen) atoms. The second-order valence-electron chi connectivity index (χ2n) is 4.42. The Labute approximate surface area is 96.9 Å². The SMILES string of the molecule is CCc1c(N)ncnc1N1CCC(CC)C1. The van der Waals surface area contributed by atoms with Crippen molar-refractivity contribution in [3.8, 4) is 0 Å². The topological polar surface area (TPSA) is 55.0 Å². The summed E-state index contributed by atoms with van der Waals surface area (Å²) in [6.07, 6.45) is 4.99. The number of hydrogen-bond acceptors (Lipinski definition) is 4. The summed E-state index contributed by atoms with van der Waals surface area (Å²) < 4.78 is 0. The number of nitrogens with two attached hydrogens (primary N) is 1. The summed E-state index contributed by atoms with van der Waals surface area (Å²) in [5.41, 5.74) is 6.99. The van der Waals surface area contributed by atoms with Gasteiger partial charge in [-0.05, 0) is 18.8 Å². The van der Waals surface area contributed by atoms with Gasteiger partial charge >= 0.3 is 0 Å². The molecule has 2 N–H and O–H groups in total. The van der Waals surface area contributed by atoms with Gasteiger partial charge in [0.1, 0.15) is 18.0 Å². The summed E-state index contributed by atoms with van der Waals surface area (Å²) in [5, 5.41) is 0. The van der Waals surface area contributed by atoms with Crippen LogP contribution in [-0.2, 0) is 6.42 Å². The minimum atomic E-state index is 0.632. The average Bonchev–Trinajstić information content (AvgIpc) is 2.77. The molecule has 1 unspecified atom stereocenters. The lowest BCUT2D eigenvalue weighted by Gasteiger charge is -2.20. The van der Waals surface area contributed by atoms with Crippen molar-refractivity contribution in [1.29, 1.82) is 0 Å². The molecule has 1 saturated heterocycles. The van der Waals surface area contributed by atoms with E-state index in [0.717, 1.165) is 36.8 Å². The largest absolute Gasteiger partial charge is 0.383 e. The van der Waals surface area contributed by atoms with Gasteiger partial charge in [0.25, 0.3) is 0 Å². The van der Waals surface area contributed by atoms with Crippen molar-refractivity contribution in [3.63, 3.8) is 0 Å². The molecule has 0 amide bonds. The molecule has 2 heterocycles. The van der Waals surface area contributed by atoms with Crippen LogP contribution < -0.4 is 10.6 Å². The van der Waals surface area contributed by atoms with Gasteiger partial charge in [-0.25, -0.2) is 9.97 Å². The molecule has 0 saturated carbocycles. The molecule has 2 rings (SSSR count). The first-order valence-electron chi connectivity index (χ1n) is 6.10. The Hall–Kier alpha value is -1.32. The maximum Gasteiger partial charge on any atom is 0.137 e. The fourth-order valence-corrected chi connectivity index (χ4v) is 2.39. The lowest BCUT2D eigenvalue weighted by Crippen LogP contribution is -2.23. The van der Waals surface area contributed by atoms with Crippen LogP contribution in [0.1, 0.15) is 32.3 Å². The third kappa shape index (κ3) is 1.96. The summed E-state index contributed by atoms with van der Waals surface area (Å²) in [5.74, 6) is 2.49. The Kier molecular flexibility index (Phi) is 3.27. The first-order chi connectivity index (χ1) is 7.76. The monoisotopic (exact) mass is 220 g/mol. The highest BCUT2D eigenvalue weighted by atomic mass is 15.2. The quantitative estimate of drug-likeness (QED) is 0.844. The molecular formula is C12H20N4. The van der Waals surface area contributed by atoms with Crippen molar-refractivity contribution in [1.82, 2.24) is 9.97 Å². The zero-order valence-electron chi connectivity index (χ0n) is 10.1. The van der Waals surface area contributed by atoms with Gasteiger partial charge in [-0.15, -0.1) is 0 Å². The van der Waals surface area contributed by atoms with E-state index >= 15 is 0 Å². The molecule has 4 nitrogen and oxygen atoms in total. The molecule has 4 heteroatoms. The van der Waals surface area contributed by atoms with E-state index in [9.17, 15) is 0 Å². The molecular weight excluding hydrogens is 200 g/mol. The number of nitrogens with zero attached hydrogens (tertiary/aromatic N) is 3. The van der Waals surface area contributed by atoms with E-state index in [4.69, 9.17) is 5.73 Å². The van der Waals surface area contributed by atoms with Crippen LogP contribution in [0.25, 0.3) is 0 Å². The van der Waals surface area contributed by atoms with E-state index in [0.29, 0.717) is 5.82 Å². The molecule has 1 aromatic heterocycles. The summed E-state index contributed by atoms with van der Waals surface area (Å²) >= 11 is 0. The summed E-state index contributed by atoms with van der Waals surface area (Å²) in [6.45, 7) is 6.57. The minimum Gasteiger partial charge on any atom is -0.383 e. The lowest BCUT2D eigenvalue weighted by molar-refractivity contribution is 0.568. The molecule has 1 aromatic rings. The number of anilines is 2. The maximum absolute atomic E-state index is 5.89. The van der Waals surface area contributed by atoms with Crippen molar-refractivity contribution >= 4 is 11.6 Å². The van der Waals surface area contributed by atoms with Crippen molar-refractivity contribution in [2.45, 2.75) is 33.1 Å².